The number of aliphatic hydroxyl groups excluding tert-OH is 1. The highest BCUT2D eigenvalue weighted by Gasteiger charge is 2.10. The predicted octanol–water partition coefficient (Wildman–Crippen LogP) is 5.40. The van der Waals surface area contributed by atoms with Crippen LogP contribution in [0.3, 0.4) is 0 Å². The van der Waals surface area contributed by atoms with Crippen LogP contribution in [-0.4, -0.2) is 11.2 Å². The molecular formula is C18H28F2O. The maximum absolute atomic E-state index is 13.5. The molecule has 3 heteroatoms. The van der Waals surface area contributed by atoms with Crippen molar-refractivity contribution in [2.45, 2.75) is 77.2 Å². The molecule has 0 fully saturated rings. The molecule has 1 N–H and O–H groups in total. The van der Waals surface area contributed by atoms with Gasteiger partial charge in [0.05, 0.1) is 6.10 Å². The van der Waals surface area contributed by atoms with Gasteiger partial charge < -0.3 is 5.11 Å². The lowest BCUT2D eigenvalue weighted by Gasteiger charge is -2.11. The van der Waals surface area contributed by atoms with E-state index in [2.05, 4.69) is 6.92 Å². The van der Waals surface area contributed by atoms with E-state index in [0.29, 0.717) is 12.0 Å². The van der Waals surface area contributed by atoms with Crippen LogP contribution in [0, 0.1) is 11.6 Å². The Morgan fingerprint density at radius 2 is 1.57 bits per heavy atom. The average molecular weight is 298 g/mol. The molecule has 1 unspecified atom stereocenters. The lowest BCUT2D eigenvalue weighted by atomic mass is 10.0. The highest BCUT2D eigenvalue weighted by atomic mass is 19.1. The molecule has 0 heterocycles. The zero-order valence-corrected chi connectivity index (χ0v) is 13.1. The Kier molecular flexibility index (Phi) is 9.24. The van der Waals surface area contributed by atoms with Crippen LogP contribution in [0.25, 0.3) is 0 Å². The van der Waals surface area contributed by atoms with Crippen LogP contribution < -0.4 is 0 Å². The normalized spacial score (nSPS) is 12.6. The van der Waals surface area contributed by atoms with Crippen LogP contribution in [0.4, 0.5) is 8.78 Å². The first-order valence-corrected chi connectivity index (χ1v) is 8.25. The molecule has 1 rings (SSSR count). The second-order valence-corrected chi connectivity index (χ2v) is 5.86. The van der Waals surface area contributed by atoms with Crippen molar-refractivity contribution in [2.75, 3.05) is 0 Å². The smallest absolute Gasteiger partial charge is 0.129 e. The Labute approximate surface area is 127 Å². The van der Waals surface area contributed by atoms with Gasteiger partial charge in [-0.3, -0.25) is 0 Å². The summed E-state index contributed by atoms with van der Waals surface area (Å²) in [6.07, 6.45) is 10.2. The minimum absolute atomic E-state index is 0.266. The van der Waals surface area contributed by atoms with Gasteiger partial charge >= 0.3 is 0 Å². The SMILES string of the molecule is CCCCCCCCCCC(O)Cc1ccc(F)cc1F. The highest BCUT2D eigenvalue weighted by Crippen LogP contribution is 2.15. The molecule has 0 aliphatic carbocycles. The summed E-state index contributed by atoms with van der Waals surface area (Å²) in [5.74, 6) is -1.14. The van der Waals surface area contributed by atoms with Crippen LogP contribution in [0.1, 0.15) is 70.3 Å². The molecule has 0 aliphatic heterocycles. The first kappa shape index (κ1) is 18.1. The van der Waals surface area contributed by atoms with E-state index in [4.69, 9.17) is 0 Å². The van der Waals surface area contributed by atoms with E-state index in [-0.39, 0.29) is 6.42 Å². The first-order chi connectivity index (χ1) is 10.1. The topological polar surface area (TPSA) is 20.2 Å². The fraction of sp³-hybridized carbons (Fsp3) is 0.667. The average Bonchev–Trinajstić information content (AvgIpc) is 2.45. The van der Waals surface area contributed by atoms with Crippen molar-refractivity contribution in [2.24, 2.45) is 0 Å². The van der Waals surface area contributed by atoms with Gasteiger partial charge in [0.1, 0.15) is 11.6 Å². The fourth-order valence-electron chi connectivity index (χ4n) is 2.56. The van der Waals surface area contributed by atoms with Crippen LogP contribution in [0.15, 0.2) is 18.2 Å². The Morgan fingerprint density at radius 3 is 2.19 bits per heavy atom. The van der Waals surface area contributed by atoms with Crippen LogP contribution in [0.5, 0.6) is 0 Å². The number of halogens is 2. The summed E-state index contributed by atoms with van der Waals surface area (Å²) in [5.41, 5.74) is 0.392. The molecule has 0 saturated heterocycles. The Morgan fingerprint density at radius 1 is 0.952 bits per heavy atom. The Hall–Kier alpha value is -0.960. The van der Waals surface area contributed by atoms with Crippen LogP contribution >= 0.6 is 0 Å². The quantitative estimate of drug-likeness (QED) is 0.542. The molecule has 0 bridgehead atoms. The van der Waals surface area contributed by atoms with Gasteiger partial charge in [-0.25, -0.2) is 8.78 Å². The van der Waals surface area contributed by atoms with Gasteiger partial charge in [-0.1, -0.05) is 64.4 Å². The molecule has 0 aromatic heterocycles. The second kappa shape index (κ2) is 10.7. The van der Waals surface area contributed by atoms with E-state index >= 15 is 0 Å². The number of hydrogen-bond donors (Lipinski definition) is 1. The molecule has 1 nitrogen and oxygen atoms in total. The predicted molar refractivity (Wildman–Crippen MR) is 83.3 cm³/mol. The van der Waals surface area contributed by atoms with Crippen molar-refractivity contribution in [3.63, 3.8) is 0 Å². The zero-order chi connectivity index (χ0) is 15.5. The number of hydrogen-bond acceptors (Lipinski definition) is 1. The molecule has 1 atom stereocenters. The molecule has 0 radical (unpaired) electrons. The van der Waals surface area contributed by atoms with Crippen molar-refractivity contribution in [3.8, 4) is 0 Å². The van der Waals surface area contributed by atoms with E-state index in [1.165, 1.54) is 50.7 Å². The Balaban J connectivity index is 2.10. The summed E-state index contributed by atoms with van der Waals surface area (Å²) in [5, 5.41) is 9.91. The van der Waals surface area contributed by atoms with Gasteiger partial charge in [0, 0.05) is 12.5 Å². The monoisotopic (exact) mass is 298 g/mol. The third kappa shape index (κ3) is 8.15. The molecule has 1 aromatic rings. The Bertz CT molecular complexity index is 393. The minimum Gasteiger partial charge on any atom is -0.393 e. The third-order valence-electron chi connectivity index (χ3n) is 3.86. The summed E-state index contributed by atoms with van der Waals surface area (Å²) >= 11 is 0. The summed E-state index contributed by atoms with van der Waals surface area (Å²) in [6, 6.07) is 3.53. The van der Waals surface area contributed by atoms with Crippen molar-refractivity contribution < 1.29 is 13.9 Å². The van der Waals surface area contributed by atoms with E-state index in [0.717, 1.165) is 18.9 Å². The highest BCUT2D eigenvalue weighted by molar-refractivity contribution is 5.19. The molecular weight excluding hydrogens is 270 g/mol. The van der Waals surface area contributed by atoms with Crippen molar-refractivity contribution in [3.05, 3.63) is 35.4 Å². The lowest BCUT2D eigenvalue weighted by molar-refractivity contribution is 0.159. The fourth-order valence-corrected chi connectivity index (χ4v) is 2.56. The van der Waals surface area contributed by atoms with Gasteiger partial charge in [-0.2, -0.15) is 0 Å². The standard InChI is InChI=1S/C18H28F2O/c1-2-3-4-5-6-7-8-9-10-17(21)13-15-11-12-16(19)14-18(15)20/h11-12,14,17,21H,2-10,13H2,1H3. The molecule has 0 aliphatic rings. The number of rotatable bonds is 11. The summed E-state index contributed by atoms with van der Waals surface area (Å²) in [4.78, 5) is 0. The maximum atomic E-state index is 13.5. The first-order valence-electron chi connectivity index (χ1n) is 8.25. The number of aliphatic hydroxyl groups is 1. The third-order valence-corrected chi connectivity index (χ3v) is 3.86. The molecule has 1 aromatic carbocycles. The van der Waals surface area contributed by atoms with Crippen LogP contribution in [0.2, 0.25) is 0 Å². The van der Waals surface area contributed by atoms with Gasteiger partial charge in [-0.15, -0.1) is 0 Å². The van der Waals surface area contributed by atoms with E-state index < -0.39 is 17.7 Å². The van der Waals surface area contributed by atoms with Crippen molar-refractivity contribution in [1.82, 2.24) is 0 Å². The molecule has 0 spiro atoms. The number of benzene rings is 1. The van der Waals surface area contributed by atoms with Crippen molar-refractivity contribution >= 4 is 0 Å². The minimum atomic E-state index is -0.575. The molecule has 0 amide bonds. The van der Waals surface area contributed by atoms with E-state index in [1.807, 2.05) is 0 Å². The van der Waals surface area contributed by atoms with Gasteiger partial charge in [0.2, 0.25) is 0 Å². The zero-order valence-electron chi connectivity index (χ0n) is 13.1. The van der Waals surface area contributed by atoms with Crippen LogP contribution in [-0.2, 0) is 6.42 Å². The summed E-state index contributed by atoms with van der Waals surface area (Å²) in [7, 11) is 0. The number of unbranched alkanes of at least 4 members (excludes halogenated alkanes) is 7. The molecule has 0 saturated carbocycles. The van der Waals surface area contributed by atoms with Gasteiger partial charge in [0.25, 0.3) is 0 Å². The van der Waals surface area contributed by atoms with E-state index in [9.17, 15) is 13.9 Å². The van der Waals surface area contributed by atoms with Crippen molar-refractivity contribution in [1.29, 1.82) is 0 Å². The maximum Gasteiger partial charge on any atom is 0.129 e. The summed E-state index contributed by atoms with van der Waals surface area (Å²) in [6.45, 7) is 2.21. The molecule has 21 heavy (non-hydrogen) atoms. The second-order valence-electron chi connectivity index (χ2n) is 5.86. The lowest BCUT2D eigenvalue weighted by Crippen LogP contribution is -2.11. The van der Waals surface area contributed by atoms with Gasteiger partial charge in [-0.05, 0) is 18.1 Å². The summed E-state index contributed by atoms with van der Waals surface area (Å²) < 4.78 is 26.2. The molecule has 120 valence electrons. The largest absolute Gasteiger partial charge is 0.393 e. The van der Waals surface area contributed by atoms with E-state index in [1.54, 1.807) is 0 Å². The van der Waals surface area contributed by atoms with Gasteiger partial charge in [0.15, 0.2) is 0 Å².